The van der Waals surface area contributed by atoms with E-state index in [9.17, 15) is 9.59 Å². The molecule has 4 nitrogen and oxygen atoms in total. The van der Waals surface area contributed by atoms with Gasteiger partial charge in [-0.25, -0.2) is 10.0 Å². The van der Waals surface area contributed by atoms with E-state index < -0.39 is 5.54 Å². The van der Waals surface area contributed by atoms with Gasteiger partial charge in [-0.3, -0.25) is 9.59 Å². The molecule has 4 aliphatic rings. The number of carbonyl (C=O) groups is 2. The maximum Gasteiger partial charge on any atom is 0.273 e. The molecule has 5 atom stereocenters. The van der Waals surface area contributed by atoms with E-state index in [2.05, 4.69) is 6.92 Å². The predicted molar refractivity (Wildman–Crippen MR) is 104 cm³/mol. The lowest BCUT2D eigenvalue weighted by molar-refractivity contribution is -0.213. The maximum atomic E-state index is 13.4. The Balaban J connectivity index is 1.45. The fraction of sp³-hybridized carbons (Fsp3) is 0.652. The van der Waals surface area contributed by atoms with Crippen molar-refractivity contribution in [3.8, 4) is 0 Å². The van der Waals surface area contributed by atoms with Crippen LogP contribution in [0, 0.1) is 37.5 Å². The van der Waals surface area contributed by atoms with Crippen LogP contribution in [0.1, 0.15) is 67.4 Å². The summed E-state index contributed by atoms with van der Waals surface area (Å²) in [5, 5.41) is 3.63. The van der Waals surface area contributed by atoms with Crippen molar-refractivity contribution in [3.63, 3.8) is 0 Å². The van der Waals surface area contributed by atoms with E-state index in [0.29, 0.717) is 11.5 Å². The maximum absolute atomic E-state index is 13.4. The topological polar surface area (TPSA) is 40.6 Å². The summed E-state index contributed by atoms with van der Waals surface area (Å²) < 4.78 is 0. The van der Waals surface area contributed by atoms with Crippen LogP contribution in [0.3, 0.4) is 0 Å². The standard InChI is InChI=1S/C23H30N2O2/c1-13-5-6-16(9-14(13)2)21(26)25-23(3,4)22(27)24(25)20-8-7-15-10-17-11-18(20)12-19(15)17/h5-6,9,15,17-20H,7-8,10-12H2,1-4H3. The van der Waals surface area contributed by atoms with Crippen LogP contribution in [0.15, 0.2) is 18.2 Å². The number of hydrogen-bond donors (Lipinski definition) is 0. The highest BCUT2D eigenvalue weighted by Crippen LogP contribution is 2.59. The number of fused-ring (bicyclic) bond motifs is 1. The molecule has 27 heavy (non-hydrogen) atoms. The second-order valence-electron chi connectivity index (χ2n) is 9.92. The fourth-order valence-electron chi connectivity index (χ4n) is 6.34. The molecule has 0 aromatic heterocycles. The third-order valence-corrected chi connectivity index (χ3v) is 8.11. The number of hydrazine groups is 1. The first-order valence-electron chi connectivity index (χ1n) is 10.5. The molecular weight excluding hydrogens is 336 g/mol. The normalized spacial score (nSPS) is 36.1. The minimum absolute atomic E-state index is 0.0355. The Morgan fingerprint density at radius 1 is 1.00 bits per heavy atom. The molecule has 3 saturated carbocycles. The number of aryl methyl sites for hydroxylation is 2. The van der Waals surface area contributed by atoms with Crippen molar-refractivity contribution >= 4 is 11.8 Å². The molecule has 4 fully saturated rings. The fourth-order valence-corrected chi connectivity index (χ4v) is 6.34. The zero-order chi connectivity index (χ0) is 19.1. The number of carbonyl (C=O) groups excluding carboxylic acids is 2. The molecule has 5 unspecified atom stereocenters. The van der Waals surface area contributed by atoms with Gasteiger partial charge in [-0.15, -0.1) is 0 Å². The number of benzene rings is 1. The quantitative estimate of drug-likeness (QED) is 0.790. The highest BCUT2D eigenvalue weighted by Gasteiger charge is 2.61. The van der Waals surface area contributed by atoms with Gasteiger partial charge in [0.05, 0.1) is 6.04 Å². The van der Waals surface area contributed by atoms with Crippen molar-refractivity contribution in [2.75, 3.05) is 0 Å². The molecule has 1 aromatic carbocycles. The van der Waals surface area contributed by atoms with Gasteiger partial charge in [0.2, 0.25) is 0 Å². The molecule has 144 valence electrons. The van der Waals surface area contributed by atoms with Crippen LogP contribution in [0.5, 0.6) is 0 Å². The smallest absolute Gasteiger partial charge is 0.270 e. The van der Waals surface area contributed by atoms with Crippen LogP contribution in [0.2, 0.25) is 0 Å². The molecule has 1 saturated heterocycles. The summed E-state index contributed by atoms with van der Waals surface area (Å²) in [4.78, 5) is 26.5. The first-order valence-corrected chi connectivity index (χ1v) is 10.5. The van der Waals surface area contributed by atoms with Crippen molar-refractivity contribution in [1.82, 2.24) is 10.0 Å². The lowest BCUT2D eigenvalue weighted by Gasteiger charge is -2.59. The van der Waals surface area contributed by atoms with E-state index in [-0.39, 0.29) is 17.9 Å². The Kier molecular flexibility index (Phi) is 3.57. The van der Waals surface area contributed by atoms with Gasteiger partial charge >= 0.3 is 0 Å². The molecular formula is C23H30N2O2. The minimum Gasteiger partial charge on any atom is -0.270 e. The van der Waals surface area contributed by atoms with Gasteiger partial charge in [-0.1, -0.05) is 6.07 Å². The highest BCUT2D eigenvalue weighted by atomic mass is 16.2. The molecule has 2 amide bonds. The van der Waals surface area contributed by atoms with Crippen LogP contribution in [-0.4, -0.2) is 33.4 Å². The summed E-state index contributed by atoms with van der Waals surface area (Å²) in [6.07, 6.45) is 6.19. The summed E-state index contributed by atoms with van der Waals surface area (Å²) in [7, 11) is 0. The monoisotopic (exact) mass is 366 g/mol. The van der Waals surface area contributed by atoms with E-state index in [1.807, 2.05) is 44.0 Å². The van der Waals surface area contributed by atoms with Gasteiger partial charge < -0.3 is 0 Å². The second-order valence-corrected chi connectivity index (χ2v) is 9.92. The molecule has 1 aliphatic heterocycles. The van der Waals surface area contributed by atoms with E-state index in [0.717, 1.165) is 29.7 Å². The van der Waals surface area contributed by atoms with Crippen LogP contribution < -0.4 is 0 Å². The summed E-state index contributed by atoms with van der Waals surface area (Å²) in [5.41, 5.74) is 2.24. The summed E-state index contributed by atoms with van der Waals surface area (Å²) in [5.74, 6) is 3.31. The molecule has 3 aliphatic carbocycles. The van der Waals surface area contributed by atoms with Gasteiger partial charge in [0.15, 0.2) is 0 Å². The molecule has 0 radical (unpaired) electrons. The Bertz CT molecular complexity index is 830. The van der Waals surface area contributed by atoms with Gasteiger partial charge in [-0.05, 0) is 107 Å². The van der Waals surface area contributed by atoms with Crippen LogP contribution in [-0.2, 0) is 4.79 Å². The summed E-state index contributed by atoms with van der Waals surface area (Å²) in [6, 6.07) is 6.07. The summed E-state index contributed by atoms with van der Waals surface area (Å²) in [6.45, 7) is 7.86. The van der Waals surface area contributed by atoms with E-state index in [1.54, 1.807) is 5.01 Å². The van der Waals surface area contributed by atoms with E-state index in [4.69, 9.17) is 0 Å². The lowest BCUT2D eigenvalue weighted by Crippen LogP contribution is -2.79. The van der Waals surface area contributed by atoms with E-state index >= 15 is 0 Å². The Morgan fingerprint density at radius 3 is 2.48 bits per heavy atom. The van der Waals surface area contributed by atoms with Crippen LogP contribution in [0.25, 0.3) is 0 Å². The largest absolute Gasteiger partial charge is 0.273 e. The van der Waals surface area contributed by atoms with Gasteiger partial charge in [0.1, 0.15) is 5.54 Å². The molecule has 1 heterocycles. The molecule has 5 rings (SSSR count). The SMILES string of the molecule is Cc1ccc(C(=O)N2N(C3CCC4CC5CC3CC45)C(=O)C2(C)C)cc1C. The van der Waals surface area contributed by atoms with Crippen molar-refractivity contribution in [1.29, 1.82) is 0 Å². The Morgan fingerprint density at radius 2 is 1.74 bits per heavy atom. The first kappa shape index (κ1) is 17.3. The Hall–Kier alpha value is -1.84. The predicted octanol–water partition coefficient (Wildman–Crippen LogP) is 4.11. The van der Waals surface area contributed by atoms with E-state index in [1.165, 1.54) is 31.2 Å². The number of hydrogen-bond acceptors (Lipinski definition) is 2. The van der Waals surface area contributed by atoms with Gasteiger partial charge in [-0.2, -0.15) is 0 Å². The number of amides is 2. The van der Waals surface area contributed by atoms with Crippen molar-refractivity contribution < 1.29 is 9.59 Å². The van der Waals surface area contributed by atoms with Crippen molar-refractivity contribution in [2.45, 2.75) is 71.4 Å². The summed E-state index contributed by atoms with van der Waals surface area (Å²) >= 11 is 0. The molecule has 0 spiro atoms. The van der Waals surface area contributed by atoms with Gasteiger partial charge in [0, 0.05) is 5.56 Å². The van der Waals surface area contributed by atoms with Crippen LogP contribution >= 0.6 is 0 Å². The number of nitrogens with zero attached hydrogens (tertiary/aromatic N) is 2. The highest BCUT2D eigenvalue weighted by molar-refractivity contribution is 6.04. The molecule has 2 bridgehead atoms. The molecule has 0 N–H and O–H groups in total. The average Bonchev–Trinajstić information content (AvgIpc) is 2.86. The van der Waals surface area contributed by atoms with Crippen LogP contribution in [0.4, 0.5) is 0 Å². The molecule has 1 aromatic rings. The average molecular weight is 367 g/mol. The van der Waals surface area contributed by atoms with Crippen molar-refractivity contribution in [3.05, 3.63) is 34.9 Å². The minimum atomic E-state index is -0.747. The third kappa shape index (κ3) is 2.28. The molecule has 4 heteroatoms. The zero-order valence-corrected chi connectivity index (χ0v) is 16.9. The lowest BCUT2D eigenvalue weighted by atomic mass is 9.64. The first-order chi connectivity index (χ1) is 12.8. The Labute approximate surface area is 161 Å². The zero-order valence-electron chi connectivity index (χ0n) is 16.9. The van der Waals surface area contributed by atoms with Gasteiger partial charge in [0.25, 0.3) is 11.8 Å². The third-order valence-electron chi connectivity index (χ3n) is 8.11. The van der Waals surface area contributed by atoms with Crippen molar-refractivity contribution in [2.24, 2.45) is 23.7 Å². The number of rotatable bonds is 2. The second kappa shape index (κ2) is 5.59.